The number of nitrogens with zero attached hydrogens (tertiary/aromatic N) is 2. The Morgan fingerprint density at radius 1 is 0.618 bits per heavy atom. The van der Waals surface area contributed by atoms with Crippen LogP contribution in [-0.2, 0) is 4.79 Å². The van der Waals surface area contributed by atoms with Crippen LogP contribution < -0.4 is 15.6 Å². The smallest absolute Gasteiger partial charge is 0.309 e. The number of hydrogen-bond donors (Lipinski definition) is 0. The number of hydrogen-bond acceptors (Lipinski definition) is 2. The average molecular weight is 463 g/mol. The lowest BCUT2D eigenvalue weighted by atomic mass is 10.1. The van der Waals surface area contributed by atoms with Gasteiger partial charge in [-0.1, -0.05) is 121 Å². The van der Waals surface area contributed by atoms with Crippen molar-refractivity contribution in [2.24, 2.45) is 0 Å². The summed E-state index contributed by atoms with van der Waals surface area (Å²) in [5.74, 6) is -0.165. The monoisotopic (exact) mass is 462 g/mol. The van der Waals surface area contributed by atoms with Crippen LogP contribution in [-0.4, -0.2) is 36.2 Å². The van der Waals surface area contributed by atoms with Gasteiger partial charge in [-0.25, -0.2) is 4.79 Å². The van der Waals surface area contributed by atoms with Crippen LogP contribution in [0.3, 0.4) is 0 Å². The Labute approximate surface area is 201 Å². The van der Waals surface area contributed by atoms with Gasteiger partial charge in [0.05, 0.1) is 0 Å². The van der Waals surface area contributed by atoms with E-state index < -0.39 is 14.3 Å². The van der Waals surface area contributed by atoms with Crippen LogP contribution in [0.25, 0.3) is 0 Å². The van der Waals surface area contributed by atoms with Crippen molar-refractivity contribution in [1.29, 1.82) is 0 Å². The first-order valence-corrected chi connectivity index (χ1v) is 13.5. The predicted octanol–water partition coefficient (Wildman–Crippen LogP) is 3.68. The largest absolute Gasteiger partial charge is 0.320 e. The lowest BCUT2D eigenvalue weighted by Crippen LogP contribution is -2.78. The molecule has 1 atom stereocenters. The third kappa shape index (κ3) is 3.37. The minimum atomic E-state index is -3.26. The van der Waals surface area contributed by atoms with Crippen LogP contribution in [0.4, 0.5) is 4.79 Å². The van der Waals surface area contributed by atoms with Crippen molar-refractivity contribution in [2.45, 2.75) is 13.0 Å². The van der Waals surface area contributed by atoms with Crippen LogP contribution in [0, 0.1) is 0 Å². The van der Waals surface area contributed by atoms with Gasteiger partial charge in [-0.3, -0.25) is 9.36 Å². The summed E-state index contributed by atoms with van der Waals surface area (Å²) in [4.78, 5) is 30.2. The molecule has 1 fully saturated rings. The van der Waals surface area contributed by atoms with E-state index in [0.29, 0.717) is 6.54 Å². The molecule has 0 aliphatic carbocycles. The number of rotatable bonds is 6. The summed E-state index contributed by atoms with van der Waals surface area (Å²) in [5.41, 5.74) is 0.835. The molecule has 5 heteroatoms. The molecule has 0 spiro atoms. The van der Waals surface area contributed by atoms with Crippen LogP contribution in [0.15, 0.2) is 121 Å². The van der Waals surface area contributed by atoms with Gasteiger partial charge in [-0.05, 0) is 28.0 Å². The SMILES string of the molecule is CCN1C(=O)N([Si](c2ccccc2)(c2ccccc2)c2ccccc2)C(=O)C1c1ccccc1. The van der Waals surface area contributed by atoms with Crippen molar-refractivity contribution in [3.63, 3.8) is 0 Å². The molecule has 0 aromatic heterocycles. The average Bonchev–Trinajstić information content (AvgIpc) is 3.16. The van der Waals surface area contributed by atoms with E-state index in [9.17, 15) is 9.59 Å². The van der Waals surface area contributed by atoms with E-state index in [-0.39, 0.29) is 11.9 Å². The Morgan fingerprint density at radius 3 is 1.38 bits per heavy atom. The van der Waals surface area contributed by atoms with Gasteiger partial charge in [0.25, 0.3) is 14.1 Å². The second kappa shape index (κ2) is 9.12. The maximum Gasteiger partial charge on any atom is 0.320 e. The van der Waals surface area contributed by atoms with Crippen molar-refractivity contribution in [3.05, 3.63) is 127 Å². The molecule has 34 heavy (non-hydrogen) atoms. The second-order valence-electron chi connectivity index (χ2n) is 8.36. The van der Waals surface area contributed by atoms with Crippen molar-refractivity contribution in [1.82, 2.24) is 9.47 Å². The number of carbonyl (C=O) groups is 2. The molecule has 1 heterocycles. The Bertz CT molecular complexity index is 1180. The van der Waals surface area contributed by atoms with E-state index in [2.05, 4.69) is 36.4 Å². The summed E-state index contributed by atoms with van der Waals surface area (Å²) in [5, 5.41) is 3.00. The Kier molecular flexibility index (Phi) is 5.86. The quantitative estimate of drug-likeness (QED) is 0.249. The molecule has 0 N–H and O–H groups in total. The topological polar surface area (TPSA) is 40.6 Å². The zero-order chi connectivity index (χ0) is 23.5. The zero-order valence-corrected chi connectivity index (χ0v) is 20.0. The van der Waals surface area contributed by atoms with Gasteiger partial charge in [0.15, 0.2) is 0 Å². The van der Waals surface area contributed by atoms with E-state index >= 15 is 0 Å². The minimum Gasteiger partial charge on any atom is -0.309 e. The third-order valence-electron chi connectivity index (χ3n) is 6.57. The molecule has 3 amide bonds. The molecule has 1 aliphatic rings. The summed E-state index contributed by atoms with van der Waals surface area (Å²) < 4.78 is 1.62. The summed E-state index contributed by atoms with van der Waals surface area (Å²) in [6, 6.07) is 38.9. The molecular formula is C29H26N2O2Si. The highest BCUT2D eigenvalue weighted by Gasteiger charge is 2.58. The maximum atomic E-state index is 14.4. The second-order valence-corrected chi connectivity index (χ2v) is 12.0. The lowest BCUT2D eigenvalue weighted by molar-refractivity contribution is -0.125. The summed E-state index contributed by atoms with van der Waals surface area (Å²) >= 11 is 0. The highest BCUT2D eigenvalue weighted by Crippen LogP contribution is 2.34. The number of imide groups is 1. The van der Waals surface area contributed by atoms with Crippen molar-refractivity contribution in [2.75, 3.05) is 6.54 Å². The number of benzene rings is 4. The van der Waals surface area contributed by atoms with Crippen LogP contribution in [0.1, 0.15) is 18.5 Å². The van der Waals surface area contributed by atoms with Gasteiger partial charge in [-0.2, -0.15) is 0 Å². The molecule has 1 saturated heterocycles. The lowest BCUT2D eigenvalue weighted by Gasteiger charge is -2.39. The number of urea groups is 1. The summed E-state index contributed by atoms with van der Waals surface area (Å²) in [6.45, 7) is 2.38. The zero-order valence-electron chi connectivity index (χ0n) is 19.0. The first-order chi connectivity index (χ1) is 16.7. The predicted molar refractivity (Wildman–Crippen MR) is 138 cm³/mol. The fraction of sp³-hybridized carbons (Fsp3) is 0.103. The molecule has 1 unspecified atom stereocenters. The van der Waals surface area contributed by atoms with Crippen molar-refractivity contribution >= 4 is 35.7 Å². The van der Waals surface area contributed by atoms with E-state index in [0.717, 1.165) is 21.1 Å². The standard InChI is InChI=1S/C29H26N2O2Si/c1-2-30-27(23-15-7-3-8-16-23)28(32)31(29(30)33)34(24-17-9-4-10-18-24,25-19-11-5-12-20-25)26-21-13-6-14-22-26/h3-22,27H,2H2,1H3. The molecule has 4 aromatic rings. The Balaban J connectivity index is 1.83. The molecule has 0 saturated carbocycles. The summed E-state index contributed by atoms with van der Waals surface area (Å²) in [6.07, 6.45) is 0. The van der Waals surface area contributed by atoms with Crippen LogP contribution >= 0.6 is 0 Å². The van der Waals surface area contributed by atoms with Crippen LogP contribution in [0.2, 0.25) is 0 Å². The molecule has 0 radical (unpaired) electrons. The molecule has 4 nitrogen and oxygen atoms in total. The van der Waals surface area contributed by atoms with Crippen molar-refractivity contribution in [3.8, 4) is 0 Å². The number of likely N-dealkylation sites (N-methyl/N-ethyl adjacent to an activating group) is 1. The van der Waals surface area contributed by atoms with Gasteiger partial charge in [0.2, 0.25) is 0 Å². The number of carbonyl (C=O) groups excluding carboxylic acids is 2. The Hall–Kier alpha value is -3.96. The van der Waals surface area contributed by atoms with Gasteiger partial charge < -0.3 is 4.90 Å². The van der Waals surface area contributed by atoms with Crippen LogP contribution in [0.5, 0.6) is 0 Å². The van der Waals surface area contributed by atoms with Crippen molar-refractivity contribution < 1.29 is 9.59 Å². The fourth-order valence-corrected chi connectivity index (χ4v) is 9.77. The maximum absolute atomic E-state index is 14.4. The molecule has 1 aliphatic heterocycles. The third-order valence-corrected chi connectivity index (χ3v) is 11.2. The van der Waals surface area contributed by atoms with E-state index in [1.165, 1.54) is 0 Å². The molecule has 4 aromatic carbocycles. The first-order valence-electron chi connectivity index (χ1n) is 11.6. The van der Waals surface area contributed by atoms with E-state index in [1.54, 1.807) is 9.47 Å². The van der Waals surface area contributed by atoms with E-state index in [4.69, 9.17) is 0 Å². The Morgan fingerprint density at radius 2 is 1.00 bits per heavy atom. The summed E-state index contributed by atoms with van der Waals surface area (Å²) in [7, 11) is -3.26. The minimum absolute atomic E-state index is 0.165. The molecule has 5 rings (SSSR count). The number of amides is 3. The molecular weight excluding hydrogens is 436 g/mol. The van der Waals surface area contributed by atoms with E-state index in [1.807, 2.05) is 91.9 Å². The van der Waals surface area contributed by atoms with Gasteiger partial charge in [0, 0.05) is 6.54 Å². The highest BCUT2D eigenvalue weighted by atomic mass is 28.3. The molecule has 0 bridgehead atoms. The van der Waals surface area contributed by atoms with Gasteiger partial charge >= 0.3 is 6.03 Å². The molecule has 168 valence electrons. The van der Waals surface area contributed by atoms with Gasteiger partial charge in [-0.15, -0.1) is 0 Å². The first kappa shape index (κ1) is 21.9. The highest BCUT2D eigenvalue weighted by molar-refractivity contribution is 7.11. The van der Waals surface area contributed by atoms with Gasteiger partial charge in [0.1, 0.15) is 6.04 Å². The fourth-order valence-electron chi connectivity index (χ4n) is 5.10. The normalized spacial score (nSPS) is 16.2.